The Balaban J connectivity index is 2.23. The molecule has 0 aliphatic heterocycles. The molecule has 2 aromatic rings. The Hall–Kier alpha value is -2.02. The summed E-state index contributed by atoms with van der Waals surface area (Å²) in [6.07, 6.45) is 0.879. The van der Waals surface area contributed by atoms with Gasteiger partial charge >= 0.3 is 0 Å². The van der Waals surface area contributed by atoms with Crippen LogP contribution in [0.1, 0.15) is 18.1 Å². The van der Waals surface area contributed by atoms with Crippen LogP contribution in [-0.2, 0) is 6.42 Å². The fourth-order valence-corrected chi connectivity index (χ4v) is 1.75. The average molecular weight is 224 g/mol. The van der Waals surface area contributed by atoms with Crippen LogP contribution in [0.4, 0.5) is 0 Å². The zero-order valence-electron chi connectivity index (χ0n) is 10.0. The third kappa shape index (κ3) is 3.22. The van der Waals surface area contributed by atoms with Gasteiger partial charge in [-0.15, -0.1) is 0 Å². The van der Waals surface area contributed by atoms with Crippen molar-refractivity contribution in [3.05, 3.63) is 78.1 Å². The number of benzene rings is 2. The highest BCUT2D eigenvalue weighted by Crippen LogP contribution is 2.22. The summed E-state index contributed by atoms with van der Waals surface area (Å²) in [7, 11) is 0. The zero-order valence-corrected chi connectivity index (χ0v) is 10.0. The van der Waals surface area contributed by atoms with Crippen molar-refractivity contribution in [1.29, 1.82) is 0 Å². The topological polar surface area (TPSA) is 9.23 Å². The normalized spacial score (nSPS) is 9.94. The predicted octanol–water partition coefficient (Wildman–Crippen LogP) is 4.19. The lowest BCUT2D eigenvalue weighted by molar-refractivity contribution is 0.426. The van der Waals surface area contributed by atoms with Crippen molar-refractivity contribution < 1.29 is 4.74 Å². The molecule has 2 rings (SSSR count). The third-order valence-electron chi connectivity index (χ3n) is 2.49. The van der Waals surface area contributed by atoms with Crippen LogP contribution < -0.4 is 4.74 Å². The lowest BCUT2D eigenvalue weighted by Gasteiger charge is -2.10. The molecule has 17 heavy (non-hydrogen) atoms. The third-order valence-corrected chi connectivity index (χ3v) is 2.49. The van der Waals surface area contributed by atoms with Crippen molar-refractivity contribution in [3.8, 4) is 5.75 Å². The van der Waals surface area contributed by atoms with E-state index in [9.17, 15) is 0 Å². The summed E-state index contributed by atoms with van der Waals surface area (Å²) < 4.78 is 5.62. The van der Waals surface area contributed by atoms with E-state index in [1.165, 1.54) is 11.1 Å². The number of ether oxygens (including phenoxy) is 1. The van der Waals surface area contributed by atoms with Gasteiger partial charge in [0.05, 0.1) is 5.76 Å². The standard InChI is InChI=1S/C16H16O/c1-13(2)17-16-11-7-6-10-15(16)12-14-8-4-3-5-9-14/h3-11H,1,12H2,2H3. The molecule has 0 aliphatic carbocycles. The highest BCUT2D eigenvalue weighted by molar-refractivity contribution is 5.38. The molecule has 0 aliphatic rings. The van der Waals surface area contributed by atoms with Gasteiger partial charge in [-0.3, -0.25) is 0 Å². The molecule has 0 heterocycles. The molecule has 86 valence electrons. The molecule has 0 radical (unpaired) electrons. The van der Waals surface area contributed by atoms with Crippen molar-refractivity contribution >= 4 is 0 Å². The smallest absolute Gasteiger partial charge is 0.130 e. The first kappa shape index (κ1) is 11.5. The first-order valence-electron chi connectivity index (χ1n) is 5.71. The van der Waals surface area contributed by atoms with Crippen LogP contribution in [0.3, 0.4) is 0 Å². The van der Waals surface area contributed by atoms with Gasteiger partial charge in [-0.2, -0.15) is 0 Å². The molecule has 2 aromatic carbocycles. The molecular formula is C16H16O. The molecule has 0 saturated heterocycles. The summed E-state index contributed by atoms with van der Waals surface area (Å²) in [4.78, 5) is 0. The van der Waals surface area contributed by atoms with Gasteiger partial charge in [-0.25, -0.2) is 0 Å². The van der Waals surface area contributed by atoms with Crippen molar-refractivity contribution in [2.24, 2.45) is 0 Å². The van der Waals surface area contributed by atoms with Crippen molar-refractivity contribution in [2.45, 2.75) is 13.3 Å². The second-order valence-corrected chi connectivity index (χ2v) is 4.07. The highest BCUT2D eigenvalue weighted by atomic mass is 16.5. The van der Waals surface area contributed by atoms with E-state index < -0.39 is 0 Å². The lowest BCUT2D eigenvalue weighted by Crippen LogP contribution is -1.95. The van der Waals surface area contributed by atoms with E-state index in [4.69, 9.17) is 4.74 Å². The SMILES string of the molecule is C=C(C)Oc1ccccc1Cc1ccccc1. The van der Waals surface area contributed by atoms with Crippen LogP contribution in [0.2, 0.25) is 0 Å². The summed E-state index contributed by atoms with van der Waals surface area (Å²) in [5.41, 5.74) is 2.46. The Morgan fingerprint density at radius 1 is 1.00 bits per heavy atom. The summed E-state index contributed by atoms with van der Waals surface area (Å²) in [6.45, 7) is 5.64. The molecule has 0 spiro atoms. The highest BCUT2D eigenvalue weighted by Gasteiger charge is 2.04. The van der Waals surface area contributed by atoms with Crippen LogP contribution in [0.5, 0.6) is 5.75 Å². The summed E-state index contributed by atoms with van der Waals surface area (Å²) >= 11 is 0. The average Bonchev–Trinajstić information content (AvgIpc) is 2.32. The lowest BCUT2D eigenvalue weighted by atomic mass is 10.0. The van der Waals surface area contributed by atoms with Gasteiger partial charge in [0.1, 0.15) is 5.75 Å². The van der Waals surface area contributed by atoms with Crippen LogP contribution >= 0.6 is 0 Å². The number of allylic oxidation sites excluding steroid dienone is 1. The van der Waals surface area contributed by atoms with Crippen LogP contribution in [-0.4, -0.2) is 0 Å². The first-order chi connectivity index (χ1) is 8.25. The Bertz CT molecular complexity index is 500. The van der Waals surface area contributed by atoms with E-state index in [1.807, 2.05) is 31.2 Å². The fourth-order valence-electron chi connectivity index (χ4n) is 1.75. The van der Waals surface area contributed by atoms with E-state index in [2.05, 4.69) is 36.9 Å². The molecule has 1 nitrogen and oxygen atoms in total. The Morgan fingerprint density at radius 3 is 2.35 bits per heavy atom. The van der Waals surface area contributed by atoms with E-state index in [0.29, 0.717) is 5.76 Å². The van der Waals surface area contributed by atoms with Gasteiger partial charge in [-0.05, 0) is 24.1 Å². The van der Waals surface area contributed by atoms with Gasteiger partial charge in [-0.1, -0.05) is 55.1 Å². The molecule has 0 bridgehead atoms. The van der Waals surface area contributed by atoms with Crippen LogP contribution in [0.15, 0.2) is 66.9 Å². The van der Waals surface area contributed by atoms with Crippen molar-refractivity contribution in [3.63, 3.8) is 0 Å². The van der Waals surface area contributed by atoms with E-state index in [1.54, 1.807) is 0 Å². The van der Waals surface area contributed by atoms with E-state index >= 15 is 0 Å². The number of para-hydroxylation sites is 1. The van der Waals surface area contributed by atoms with Crippen molar-refractivity contribution in [1.82, 2.24) is 0 Å². The molecule has 0 saturated carbocycles. The number of hydrogen-bond acceptors (Lipinski definition) is 1. The molecular weight excluding hydrogens is 208 g/mol. The molecule has 0 atom stereocenters. The van der Waals surface area contributed by atoms with E-state index in [-0.39, 0.29) is 0 Å². The molecule has 1 heteroatoms. The quantitative estimate of drug-likeness (QED) is 0.707. The summed E-state index contributed by atoms with van der Waals surface area (Å²) in [6, 6.07) is 18.5. The van der Waals surface area contributed by atoms with Gasteiger partial charge in [0.2, 0.25) is 0 Å². The molecule has 0 N–H and O–H groups in total. The minimum absolute atomic E-state index is 0.713. The Labute approximate surface area is 102 Å². The van der Waals surface area contributed by atoms with Gasteiger partial charge in [0.25, 0.3) is 0 Å². The number of hydrogen-bond donors (Lipinski definition) is 0. The van der Waals surface area contributed by atoms with Gasteiger partial charge in [0, 0.05) is 6.42 Å². The fraction of sp³-hybridized carbons (Fsp3) is 0.125. The molecule has 0 aromatic heterocycles. The molecule has 0 fully saturated rings. The Morgan fingerprint density at radius 2 is 1.65 bits per heavy atom. The minimum Gasteiger partial charge on any atom is -0.462 e. The summed E-state index contributed by atoms with van der Waals surface area (Å²) in [5.74, 6) is 1.61. The van der Waals surface area contributed by atoms with Crippen molar-refractivity contribution in [2.75, 3.05) is 0 Å². The predicted molar refractivity (Wildman–Crippen MR) is 71.1 cm³/mol. The summed E-state index contributed by atoms with van der Waals surface area (Å²) in [5, 5.41) is 0. The number of rotatable bonds is 4. The minimum atomic E-state index is 0.713. The van der Waals surface area contributed by atoms with Gasteiger partial charge in [0.15, 0.2) is 0 Å². The Kier molecular flexibility index (Phi) is 3.61. The monoisotopic (exact) mass is 224 g/mol. The molecule has 0 unspecified atom stereocenters. The molecule has 0 amide bonds. The van der Waals surface area contributed by atoms with E-state index in [0.717, 1.165) is 12.2 Å². The van der Waals surface area contributed by atoms with Gasteiger partial charge < -0.3 is 4.74 Å². The van der Waals surface area contributed by atoms with Crippen LogP contribution in [0.25, 0.3) is 0 Å². The first-order valence-corrected chi connectivity index (χ1v) is 5.71. The second-order valence-electron chi connectivity index (χ2n) is 4.07. The largest absolute Gasteiger partial charge is 0.462 e. The second kappa shape index (κ2) is 5.35. The maximum atomic E-state index is 5.62. The zero-order chi connectivity index (χ0) is 12.1. The van der Waals surface area contributed by atoms with Crippen LogP contribution in [0, 0.1) is 0 Å². The maximum absolute atomic E-state index is 5.62. The maximum Gasteiger partial charge on any atom is 0.130 e.